The van der Waals surface area contributed by atoms with Crippen LogP contribution in [0, 0.1) is 13.8 Å². The molecule has 23 heavy (non-hydrogen) atoms. The van der Waals surface area contributed by atoms with Gasteiger partial charge in [-0.15, -0.1) is 11.3 Å². The molecule has 1 N–H and O–H groups in total. The molecule has 2 rings (SSSR count). The van der Waals surface area contributed by atoms with Gasteiger partial charge in [-0.25, -0.2) is 4.98 Å². The normalized spacial score (nSPS) is 13.0. The van der Waals surface area contributed by atoms with E-state index in [-0.39, 0.29) is 12.7 Å². The van der Waals surface area contributed by atoms with Gasteiger partial charge in [-0.3, -0.25) is 9.58 Å². The number of aliphatic hydroxyl groups excluding tert-OH is 1. The second-order valence-corrected chi connectivity index (χ2v) is 6.71. The Labute approximate surface area is 141 Å². The molecule has 2 aromatic rings. The van der Waals surface area contributed by atoms with Gasteiger partial charge in [0.25, 0.3) is 0 Å². The molecule has 0 saturated heterocycles. The summed E-state index contributed by atoms with van der Waals surface area (Å²) in [6.07, 6.45) is 0.0419. The van der Waals surface area contributed by atoms with E-state index in [0.717, 1.165) is 35.2 Å². The first-order valence-corrected chi connectivity index (χ1v) is 8.63. The molecule has 1 atom stereocenters. The van der Waals surface area contributed by atoms with E-state index in [9.17, 15) is 0 Å². The van der Waals surface area contributed by atoms with Crippen molar-refractivity contribution in [2.45, 2.75) is 46.5 Å². The van der Waals surface area contributed by atoms with Crippen LogP contribution in [0.1, 0.15) is 40.7 Å². The molecule has 0 aromatic carbocycles. The molecule has 6 nitrogen and oxygen atoms in total. The fourth-order valence-corrected chi connectivity index (χ4v) is 3.40. The van der Waals surface area contributed by atoms with E-state index in [1.165, 1.54) is 5.56 Å². The van der Waals surface area contributed by atoms with Crippen LogP contribution in [-0.4, -0.2) is 45.5 Å². The minimum Gasteiger partial charge on any atom is -0.394 e. The van der Waals surface area contributed by atoms with Crippen molar-refractivity contribution in [3.63, 3.8) is 0 Å². The van der Waals surface area contributed by atoms with Crippen molar-refractivity contribution in [3.8, 4) is 0 Å². The number of methoxy groups -OCH3 is 1. The average Bonchev–Trinajstić information content (AvgIpc) is 3.07. The summed E-state index contributed by atoms with van der Waals surface area (Å²) in [6.45, 7) is 8.34. The highest BCUT2D eigenvalue weighted by Crippen LogP contribution is 2.22. The number of aliphatic hydroxyl groups is 1. The van der Waals surface area contributed by atoms with E-state index in [1.807, 2.05) is 18.5 Å². The number of hydrogen-bond acceptors (Lipinski definition) is 6. The lowest BCUT2D eigenvalue weighted by atomic mass is 10.2. The predicted molar refractivity (Wildman–Crippen MR) is 91.5 cm³/mol. The summed E-state index contributed by atoms with van der Waals surface area (Å²) in [7, 11) is 3.79. The summed E-state index contributed by atoms with van der Waals surface area (Å²) in [4.78, 5) is 6.87. The molecule has 0 fully saturated rings. The minimum absolute atomic E-state index is 0.0419. The Hall–Kier alpha value is -1.28. The quantitative estimate of drug-likeness (QED) is 0.800. The van der Waals surface area contributed by atoms with Gasteiger partial charge in [-0.05, 0) is 27.8 Å². The maximum Gasteiger partial charge on any atom is 0.122 e. The highest BCUT2D eigenvalue weighted by atomic mass is 32.1. The van der Waals surface area contributed by atoms with Gasteiger partial charge in [0.1, 0.15) is 11.1 Å². The zero-order valence-corrected chi connectivity index (χ0v) is 15.4. The van der Waals surface area contributed by atoms with Crippen molar-refractivity contribution in [2.75, 3.05) is 20.8 Å². The third kappa shape index (κ3) is 4.38. The standard InChI is InChI=1S/C16H26N4O2S/c1-11-15(12(2)20(18-11)6-7-21)9-19(4)8-14-10-23-16(17-14)13(3)22-5/h10,13,21H,6-9H2,1-5H3. The molecule has 0 radical (unpaired) electrons. The Morgan fingerprint density at radius 2 is 2.13 bits per heavy atom. The van der Waals surface area contributed by atoms with Gasteiger partial charge in [0, 0.05) is 36.8 Å². The van der Waals surface area contributed by atoms with E-state index in [1.54, 1.807) is 18.4 Å². The number of hydrogen-bond donors (Lipinski definition) is 1. The first-order chi connectivity index (χ1) is 11.0. The van der Waals surface area contributed by atoms with Crippen molar-refractivity contribution in [3.05, 3.63) is 33.0 Å². The summed E-state index contributed by atoms with van der Waals surface area (Å²) in [5.74, 6) is 0. The molecule has 0 saturated carbocycles. The van der Waals surface area contributed by atoms with E-state index < -0.39 is 0 Å². The van der Waals surface area contributed by atoms with Crippen LogP contribution >= 0.6 is 11.3 Å². The molecule has 0 bridgehead atoms. The molecule has 0 amide bonds. The van der Waals surface area contributed by atoms with Crippen molar-refractivity contribution >= 4 is 11.3 Å². The lowest BCUT2D eigenvalue weighted by Crippen LogP contribution is -2.18. The fraction of sp³-hybridized carbons (Fsp3) is 0.625. The lowest BCUT2D eigenvalue weighted by Gasteiger charge is -2.16. The van der Waals surface area contributed by atoms with Gasteiger partial charge in [-0.1, -0.05) is 0 Å². The van der Waals surface area contributed by atoms with Crippen LogP contribution in [0.2, 0.25) is 0 Å². The van der Waals surface area contributed by atoms with Crippen LogP contribution in [0.4, 0.5) is 0 Å². The monoisotopic (exact) mass is 338 g/mol. The Morgan fingerprint density at radius 3 is 2.78 bits per heavy atom. The van der Waals surface area contributed by atoms with E-state index >= 15 is 0 Å². The maximum absolute atomic E-state index is 9.10. The molecule has 0 aliphatic rings. The van der Waals surface area contributed by atoms with Crippen LogP contribution in [-0.2, 0) is 24.4 Å². The summed E-state index contributed by atoms with van der Waals surface area (Å²) in [5, 5.41) is 16.7. The van der Waals surface area contributed by atoms with Gasteiger partial charge in [0.2, 0.25) is 0 Å². The molecular formula is C16H26N4O2S. The van der Waals surface area contributed by atoms with Crippen LogP contribution in [0.15, 0.2) is 5.38 Å². The zero-order chi connectivity index (χ0) is 17.0. The molecule has 0 aliphatic carbocycles. The lowest BCUT2D eigenvalue weighted by molar-refractivity contribution is 0.119. The Kier molecular flexibility index (Phi) is 6.29. The number of nitrogens with zero attached hydrogens (tertiary/aromatic N) is 4. The van der Waals surface area contributed by atoms with Crippen molar-refractivity contribution < 1.29 is 9.84 Å². The number of thiazole rings is 1. The molecule has 0 aliphatic heterocycles. The first kappa shape index (κ1) is 18.1. The van der Waals surface area contributed by atoms with Crippen molar-refractivity contribution in [2.24, 2.45) is 0 Å². The van der Waals surface area contributed by atoms with Gasteiger partial charge in [-0.2, -0.15) is 5.10 Å². The Bertz CT molecular complexity index is 638. The smallest absolute Gasteiger partial charge is 0.122 e. The van der Waals surface area contributed by atoms with Crippen LogP contribution in [0.3, 0.4) is 0 Å². The van der Waals surface area contributed by atoms with Crippen LogP contribution < -0.4 is 0 Å². The number of aromatic nitrogens is 3. The van der Waals surface area contributed by atoms with Crippen molar-refractivity contribution in [1.82, 2.24) is 19.7 Å². The minimum atomic E-state index is 0.0419. The third-order valence-corrected chi connectivity index (χ3v) is 5.03. The fourth-order valence-electron chi connectivity index (χ4n) is 2.56. The van der Waals surface area contributed by atoms with Crippen molar-refractivity contribution in [1.29, 1.82) is 0 Å². The Morgan fingerprint density at radius 1 is 1.39 bits per heavy atom. The van der Waals surface area contributed by atoms with Crippen LogP contribution in [0.5, 0.6) is 0 Å². The maximum atomic E-state index is 9.10. The van der Waals surface area contributed by atoms with E-state index in [0.29, 0.717) is 6.54 Å². The molecule has 7 heteroatoms. The zero-order valence-electron chi connectivity index (χ0n) is 14.5. The summed E-state index contributed by atoms with van der Waals surface area (Å²) >= 11 is 1.64. The molecule has 0 spiro atoms. The van der Waals surface area contributed by atoms with Gasteiger partial charge in [0.05, 0.1) is 24.5 Å². The number of ether oxygens (including phenoxy) is 1. The topological polar surface area (TPSA) is 63.4 Å². The largest absolute Gasteiger partial charge is 0.394 e. The Balaban J connectivity index is 2.02. The average molecular weight is 338 g/mol. The highest BCUT2D eigenvalue weighted by Gasteiger charge is 2.15. The highest BCUT2D eigenvalue weighted by molar-refractivity contribution is 7.09. The van der Waals surface area contributed by atoms with E-state index in [4.69, 9.17) is 9.84 Å². The summed E-state index contributed by atoms with van der Waals surface area (Å²) in [6, 6.07) is 0. The molecule has 1 unspecified atom stereocenters. The van der Waals surface area contributed by atoms with Crippen LogP contribution in [0.25, 0.3) is 0 Å². The second-order valence-electron chi connectivity index (χ2n) is 5.82. The summed E-state index contributed by atoms with van der Waals surface area (Å²) in [5.41, 5.74) is 4.43. The molecule has 2 aromatic heterocycles. The predicted octanol–water partition coefficient (Wildman–Crippen LogP) is 2.29. The number of aryl methyl sites for hydroxylation is 1. The van der Waals surface area contributed by atoms with Gasteiger partial charge >= 0.3 is 0 Å². The van der Waals surface area contributed by atoms with Gasteiger partial charge in [0.15, 0.2) is 0 Å². The SMILES string of the molecule is COC(C)c1nc(CN(C)Cc2c(C)nn(CCO)c2C)cs1. The third-order valence-electron chi connectivity index (χ3n) is 3.97. The van der Waals surface area contributed by atoms with E-state index in [2.05, 4.69) is 34.3 Å². The molecule has 2 heterocycles. The molecular weight excluding hydrogens is 312 g/mol. The van der Waals surface area contributed by atoms with Gasteiger partial charge < -0.3 is 9.84 Å². The summed E-state index contributed by atoms with van der Waals surface area (Å²) < 4.78 is 7.18. The first-order valence-electron chi connectivity index (χ1n) is 7.75. The second kappa shape index (κ2) is 8.01. The number of rotatable bonds is 8. The molecule has 128 valence electrons.